The average Bonchev–Trinajstić information content (AvgIpc) is 3.21. The van der Waals surface area contributed by atoms with Crippen molar-refractivity contribution in [3.8, 4) is 0 Å². The number of carbonyl (C=O) groups is 1. The maximum atomic E-state index is 14.0. The Hall–Kier alpha value is -2.61. The molecular weight excluding hydrogens is 389 g/mol. The molecule has 2 aliphatic rings. The van der Waals surface area contributed by atoms with E-state index in [1.165, 1.54) is 0 Å². The number of fused-ring (bicyclic) bond motifs is 2. The Labute approximate surface area is 163 Å². The fourth-order valence-corrected chi connectivity index (χ4v) is 4.81. The molecule has 0 spiro atoms. The third-order valence-electron chi connectivity index (χ3n) is 5.06. The van der Waals surface area contributed by atoms with Crippen LogP contribution in [0.1, 0.15) is 18.4 Å². The fraction of sp³-hybridized carbons (Fsp3) is 0.300. The number of aliphatic carboxylic acids is 1. The smallest absolute Gasteiger partial charge is 0.305 e. The third kappa shape index (κ3) is 3.22. The van der Waals surface area contributed by atoms with Gasteiger partial charge in [0.15, 0.2) is 11.6 Å². The number of allylic oxidation sites excluding steroid dienone is 4. The first kappa shape index (κ1) is 18.7. The van der Waals surface area contributed by atoms with Gasteiger partial charge in [0.2, 0.25) is 0 Å². The topological polar surface area (TPSA) is 53.4 Å². The third-order valence-corrected chi connectivity index (χ3v) is 6.12. The van der Waals surface area contributed by atoms with Gasteiger partial charge in [-0.05, 0) is 17.6 Å². The molecule has 0 amide bonds. The summed E-state index contributed by atoms with van der Waals surface area (Å²) in [5, 5.41) is 9.48. The minimum atomic E-state index is -1.25. The van der Waals surface area contributed by atoms with E-state index in [0.29, 0.717) is 24.0 Å². The highest BCUT2D eigenvalue weighted by Gasteiger charge is 2.34. The standard InChI is InChI=1S/C20H17F3N2O2S/c1-10-3-2-4-14-17(10)11(9-25(14)6-5-16(26)27)7-15-24-19-18(23)12(21)8-13(22)20(19)28-15/h2-4,8-10,17H,5-7H2,1H3,(H,26,27). The molecule has 4 nitrogen and oxygen atoms in total. The molecule has 8 heteroatoms. The molecule has 2 aromatic rings. The number of thiazole rings is 1. The molecule has 0 bridgehead atoms. The molecule has 2 unspecified atom stereocenters. The monoisotopic (exact) mass is 406 g/mol. The van der Waals surface area contributed by atoms with Crippen LogP contribution in [0.2, 0.25) is 0 Å². The second-order valence-corrected chi connectivity index (χ2v) is 8.05. The van der Waals surface area contributed by atoms with E-state index in [4.69, 9.17) is 5.11 Å². The van der Waals surface area contributed by atoms with Gasteiger partial charge in [0.05, 0.1) is 16.1 Å². The molecule has 2 atom stereocenters. The summed E-state index contributed by atoms with van der Waals surface area (Å²) < 4.78 is 41.4. The molecule has 1 aliphatic carbocycles. The van der Waals surface area contributed by atoms with E-state index in [2.05, 4.69) is 18.0 Å². The van der Waals surface area contributed by atoms with Crippen LogP contribution in [0, 0.1) is 29.3 Å². The van der Waals surface area contributed by atoms with Crippen LogP contribution in [0.15, 0.2) is 41.8 Å². The molecule has 1 aliphatic heterocycles. The molecule has 28 heavy (non-hydrogen) atoms. The SMILES string of the molecule is CC1C=CC=C2C1C(Cc1nc3c(F)c(F)cc(F)c3s1)=CN2CCC(=O)O. The number of benzene rings is 1. The summed E-state index contributed by atoms with van der Waals surface area (Å²) in [5.41, 5.74) is 1.72. The van der Waals surface area contributed by atoms with Crippen LogP contribution in [0.3, 0.4) is 0 Å². The average molecular weight is 406 g/mol. The number of aromatic nitrogens is 1. The summed E-state index contributed by atoms with van der Waals surface area (Å²) in [6.45, 7) is 2.41. The zero-order chi connectivity index (χ0) is 20.0. The minimum Gasteiger partial charge on any atom is -0.481 e. The lowest BCUT2D eigenvalue weighted by molar-refractivity contribution is -0.137. The van der Waals surface area contributed by atoms with Crippen molar-refractivity contribution in [3.63, 3.8) is 0 Å². The summed E-state index contributed by atoms with van der Waals surface area (Å²) in [4.78, 5) is 17.0. The molecule has 0 saturated heterocycles. The van der Waals surface area contributed by atoms with Crippen molar-refractivity contribution in [1.29, 1.82) is 0 Å². The van der Waals surface area contributed by atoms with Gasteiger partial charge in [-0.2, -0.15) is 0 Å². The van der Waals surface area contributed by atoms with Crippen molar-refractivity contribution in [2.75, 3.05) is 6.54 Å². The van der Waals surface area contributed by atoms with E-state index in [1.807, 2.05) is 23.3 Å². The van der Waals surface area contributed by atoms with E-state index in [1.54, 1.807) is 0 Å². The van der Waals surface area contributed by atoms with Crippen molar-refractivity contribution < 1.29 is 23.1 Å². The Morgan fingerprint density at radius 1 is 1.32 bits per heavy atom. The van der Waals surface area contributed by atoms with E-state index in [0.717, 1.165) is 22.6 Å². The molecule has 4 rings (SSSR count). The number of carboxylic acids is 1. The van der Waals surface area contributed by atoms with Gasteiger partial charge in [0.25, 0.3) is 0 Å². The van der Waals surface area contributed by atoms with Crippen LogP contribution in [0.25, 0.3) is 10.2 Å². The van der Waals surface area contributed by atoms with Crippen LogP contribution < -0.4 is 0 Å². The molecule has 146 valence electrons. The number of hydrogen-bond donors (Lipinski definition) is 1. The van der Waals surface area contributed by atoms with Crippen LogP contribution in [-0.4, -0.2) is 27.5 Å². The van der Waals surface area contributed by atoms with E-state index < -0.39 is 23.4 Å². The van der Waals surface area contributed by atoms with E-state index in [-0.39, 0.29) is 28.5 Å². The van der Waals surface area contributed by atoms with Gasteiger partial charge in [-0.25, -0.2) is 18.2 Å². The quantitative estimate of drug-likeness (QED) is 0.736. The fourth-order valence-electron chi connectivity index (χ4n) is 3.81. The Balaban J connectivity index is 1.67. The lowest BCUT2D eigenvalue weighted by Crippen LogP contribution is -2.23. The number of nitrogens with zero attached hydrogens (tertiary/aromatic N) is 2. The normalized spacial score (nSPS) is 21.1. The number of halogens is 3. The van der Waals surface area contributed by atoms with Crippen molar-refractivity contribution in [2.24, 2.45) is 11.8 Å². The van der Waals surface area contributed by atoms with Crippen LogP contribution >= 0.6 is 11.3 Å². The van der Waals surface area contributed by atoms with Gasteiger partial charge in [-0.15, -0.1) is 11.3 Å². The minimum absolute atomic E-state index is 0.00239. The molecule has 1 aromatic heterocycles. The summed E-state index contributed by atoms with van der Waals surface area (Å²) in [6, 6.07) is 0.539. The first-order valence-electron chi connectivity index (χ1n) is 8.85. The molecule has 0 saturated carbocycles. The van der Waals surface area contributed by atoms with Gasteiger partial charge in [-0.3, -0.25) is 4.79 Å². The van der Waals surface area contributed by atoms with Crippen molar-refractivity contribution >= 4 is 27.5 Å². The Bertz CT molecular complexity index is 1060. The zero-order valence-electron chi connectivity index (χ0n) is 15.0. The summed E-state index contributed by atoms with van der Waals surface area (Å²) >= 11 is 1.01. The molecule has 1 aromatic carbocycles. The van der Waals surface area contributed by atoms with Crippen LogP contribution in [0.4, 0.5) is 13.2 Å². The zero-order valence-corrected chi connectivity index (χ0v) is 15.8. The first-order valence-corrected chi connectivity index (χ1v) is 9.67. The lowest BCUT2D eigenvalue weighted by atomic mass is 9.82. The molecule has 1 N–H and O–H groups in total. The van der Waals surface area contributed by atoms with Crippen LogP contribution in [-0.2, 0) is 11.2 Å². The highest BCUT2D eigenvalue weighted by atomic mass is 32.1. The number of rotatable bonds is 5. The van der Waals surface area contributed by atoms with Gasteiger partial charge in [0, 0.05) is 36.8 Å². The van der Waals surface area contributed by atoms with E-state index in [9.17, 15) is 18.0 Å². The number of hydrogen-bond acceptors (Lipinski definition) is 4. The predicted molar refractivity (Wildman–Crippen MR) is 100 cm³/mol. The second-order valence-electron chi connectivity index (χ2n) is 6.97. The highest BCUT2D eigenvalue weighted by Crippen LogP contribution is 2.42. The maximum absolute atomic E-state index is 14.0. The van der Waals surface area contributed by atoms with Crippen LogP contribution in [0.5, 0.6) is 0 Å². The van der Waals surface area contributed by atoms with E-state index >= 15 is 0 Å². The maximum Gasteiger partial charge on any atom is 0.305 e. The summed E-state index contributed by atoms with van der Waals surface area (Å²) in [6.07, 6.45) is 8.25. The number of carboxylic acid groups (broad SMARTS) is 1. The highest BCUT2D eigenvalue weighted by molar-refractivity contribution is 7.18. The van der Waals surface area contributed by atoms with Gasteiger partial charge < -0.3 is 10.0 Å². The van der Waals surface area contributed by atoms with Crippen molar-refractivity contribution in [3.05, 3.63) is 64.2 Å². The molecule has 2 heterocycles. The van der Waals surface area contributed by atoms with Gasteiger partial charge >= 0.3 is 5.97 Å². The van der Waals surface area contributed by atoms with Crippen molar-refractivity contribution in [2.45, 2.75) is 19.8 Å². The van der Waals surface area contributed by atoms with Gasteiger partial charge in [-0.1, -0.05) is 19.1 Å². The Kier molecular flexibility index (Phi) is 4.74. The largest absolute Gasteiger partial charge is 0.481 e. The Morgan fingerprint density at radius 2 is 2.11 bits per heavy atom. The first-order chi connectivity index (χ1) is 13.3. The Morgan fingerprint density at radius 3 is 2.86 bits per heavy atom. The predicted octanol–water partition coefficient (Wildman–Crippen LogP) is 4.64. The summed E-state index contributed by atoms with van der Waals surface area (Å²) in [7, 11) is 0. The summed E-state index contributed by atoms with van der Waals surface area (Å²) in [5.74, 6) is -3.85. The molecule has 0 radical (unpaired) electrons. The molecule has 0 fully saturated rings. The van der Waals surface area contributed by atoms with Crippen molar-refractivity contribution in [1.82, 2.24) is 9.88 Å². The molecular formula is C20H17F3N2O2S. The van der Waals surface area contributed by atoms with Gasteiger partial charge in [0.1, 0.15) is 11.3 Å². The lowest BCUT2D eigenvalue weighted by Gasteiger charge is -2.27. The second kappa shape index (κ2) is 7.09.